The maximum Gasteiger partial charge on any atom is 0.251 e. The Balaban J connectivity index is 1.71. The maximum absolute atomic E-state index is 12.8. The van der Waals surface area contributed by atoms with Crippen molar-refractivity contribution in [3.05, 3.63) is 69.5 Å². The number of amides is 2. The monoisotopic (exact) mass is 519 g/mol. The standard InChI is InChI=1S/C24H27Cl2N5O2S/c1-5-31-22(21(14(2)3)28-23(33)16-8-6-15(4)7-9-16)29-30-24(31)34-13-20(32)27-19-11-10-17(25)12-18(19)26/h6-12,14,21H,5,13H2,1-4H3,(H,27,32)(H,28,33)/t21-/m0/s1. The van der Waals surface area contributed by atoms with Crippen molar-refractivity contribution in [2.45, 2.75) is 45.4 Å². The maximum atomic E-state index is 12.8. The van der Waals surface area contributed by atoms with Crippen LogP contribution in [0.5, 0.6) is 0 Å². The fourth-order valence-electron chi connectivity index (χ4n) is 3.30. The van der Waals surface area contributed by atoms with Crippen LogP contribution in [0.1, 0.15) is 48.6 Å². The Morgan fingerprint density at radius 3 is 2.41 bits per heavy atom. The van der Waals surface area contributed by atoms with Crippen molar-refractivity contribution < 1.29 is 9.59 Å². The summed E-state index contributed by atoms with van der Waals surface area (Å²) in [6, 6.07) is 12.0. The highest BCUT2D eigenvalue weighted by atomic mass is 35.5. The fourth-order valence-corrected chi connectivity index (χ4v) is 4.57. The summed E-state index contributed by atoms with van der Waals surface area (Å²) < 4.78 is 1.92. The summed E-state index contributed by atoms with van der Waals surface area (Å²) >= 11 is 13.3. The van der Waals surface area contributed by atoms with Gasteiger partial charge in [0.25, 0.3) is 5.91 Å². The molecule has 0 aliphatic rings. The van der Waals surface area contributed by atoms with Crippen LogP contribution in [0, 0.1) is 12.8 Å². The lowest BCUT2D eigenvalue weighted by Crippen LogP contribution is -2.33. The molecule has 2 aromatic carbocycles. The number of rotatable bonds is 9. The molecular formula is C24H27Cl2N5O2S. The molecule has 0 bridgehead atoms. The van der Waals surface area contributed by atoms with Gasteiger partial charge < -0.3 is 15.2 Å². The topological polar surface area (TPSA) is 88.9 Å². The molecule has 0 unspecified atom stereocenters. The summed E-state index contributed by atoms with van der Waals surface area (Å²) in [7, 11) is 0. The minimum Gasteiger partial charge on any atom is -0.342 e. The van der Waals surface area contributed by atoms with Crippen LogP contribution in [0.25, 0.3) is 0 Å². The van der Waals surface area contributed by atoms with Crippen LogP contribution < -0.4 is 10.6 Å². The van der Waals surface area contributed by atoms with E-state index in [0.717, 1.165) is 5.56 Å². The summed E-state index contributed by atoms with van der Waals surface area (Å²) in [5.41, 5.74) is 2.17. The summed E-state index contributed by atoms with van der Waals surface area (Å²) in [5.74, 6) is 0.463. The van der Waals surface area contributed by atoms with E-state index >= 15 is 0 Å². The van der Waals surface area contributed by atoms with Crippen LogP contribution in [0.15, 0.2) is 47.6 Å². The van der Waals surface area contributed by atoms with Gasteiger partial charge >= 0.3 is 0 Å². The molecular weight excluding hydrogens is 493 g/mol. The largest absolute Gasteiger partial charge is 0.342 e. The third kappa shape index (κ3) is 6.52. The first-order chi connectivity index (χ1) is 16.2. The molecule has 2 N–H and O–H groups in total. The van der Waals surface area contributed by atoms with E-state index < -0.39 is 0 Å². The fraction of sp³-hybridized carbons (Fsp3) is 0.333. The molecule has 1 heterocycles. The lowest BCUT2D eigenvalue weighted by molar-refractivity contribution is -0.113. The Morgan fingerprint density at radius 2 is 1.79 bits per heavy atom. The zero-order valence-corrected chi connectivity index (χ0v) is 21.8. The third-order valence-electron chi connectivity index (χ3n) is 5.14. The van der Waals surface area contributed by atoms with Crippen molar-refractivity contribution in [1.29, 1.82) is 0 Å². The quantitative estimate of drug-likeness (QED) is 0.350. The van der Waals surface area contributed by atoms with Crippen molar-refractivity contribution in [1.82, 2.24) is 20.1 Å². The highest BCUT2D eigenvalue weighted by Crippen LogP contribution is 2.27. The van der Waals surface area contributed by atoms with Gasteiger partial charge in [0, 0.05) is 17.1 Å². The molecule has 3 rings (SSSR count). The molecule has 0 fully saturated rings. The van der Waals surface area contributed by atoms with Crippen molar-refractivity contribution >= 4 is 52.5 Å². The van der Waals surface area contributed by atoms with Gasteiger partial charge in [0.05, 0.1) is 22.5 Å². The van der Waals surface area contributed by atoms with Crippen LogP contribution in [0.2, 0.25) is 10.0 Å². The molecule has 0 spiro atoms. The third-order valence-corrected chi connectivity index (χ3v) is 6.66. The van der Waals surface area contributed by atoms with Crippen molar-refractivity contribution in [3.63, 3.8) is 0 Å². The van der Waals surface area contributed by atoms with Crippen molar-refractivity contribution in [2.75, 3.05) is 11.1 Å². The van der Waals surface area contributed by atoms with Crippen LogP contribution >= 0.6 is 35.0 Å². The molecule has 180 valence electrons. The van der Waals surface area contributed by atoms with Gasteiger partial charge in [-0.05, 0) is 50.1 Å². The van der Waals surface area contributed by atoms with E-state index in [-0.39, 0.29) is 29.5 Å². The van der Waals surface area contributed by atoms with Gasteiger partial charge in [0.1, 0.15) is 0 Å². The molecule has 0 aliphatic carbocycles. The highest BCUT2D eigenvalue weighted by molar-refractivity contribution is 7.99. The summed E-state index contributed by atoms with van der Waals surface area (Å²) in [6.45, 7) is 8.59. The predicted molar refractivity (Wildman–Crippen MR) is 138 cm³/mol. The van der Waals surface area contributed by atoms with Crippen LogP contribution in [0.4, 0.5) is 5.69 Å². The molecule has 7 nitrogen and oxygen atoms in total. The molecule has 0 aliphatic heterocycles. The number of aromatic nitrogens is 3. The summed E-state index contributed by atoms with van der Waals surface area (Å²) in [4.78, 5) is 25.3. The second-order valence-electron chi connectivity index (χ2n) is 8.11. The number of nitrogens with one attached hydrogen (secondary N) is 2. The molecule has 1 atom stereocenters. The number of thioether (sulfide) groups is 1. The molecule has 10 heteroatoms. The van der Waals surface area contributed by atoms with Gasteiger partial charge in [-0.15, -0.1) is 10.2 Å². The molecule has 1 aromatic heterocycles. The van der Waals surface area contributed by atoms with E-state index in [4.69, 9.17) is 23.2 Å². The Hall–Kier alpha value is -2.55. The number of hydrogen-bond donors (Lipinski definition) is 2. The zero-order chi connectivity index (χ0) is 24.8. The van der Waals surface area contributed by atoms with E-state index in [9.17, 15) is 9.59 Å². The molecule has 0 radical (unpaired) electrons. The number of hydrogen-bond acceptors (Lipinski definition) is 5. The van der Waals surface area contributed by atoms with Crippen LogP contribution in [-0.2, 0) is 11.3 Å². The second-order valence-corrected chi connectivity index (χ2v) is 9.89. The van der Waals surface area contributed by atoms with Gasteiger partial charge in [0.15, 0.2) is 11.0 Å². The SMILES string of the molecule is CCn1c(SCC(=O)Nc2ccc(Cl)cc2Cl)nnc1[C@@H](NC(=O)c1ccc(C)cc1)C(C)C. The Morgan fingerprint density at radius 1 is 1.09 bits per heavy atom. The van der Waals surface area contributed by atoms with E-state index in [1.807, 2.05) is 44.4 Å². The second kappa shape index (κ2) is 11.7. The first kappa shape index (κ1) is 26.1. The normalized spacial score (nSPS) is 12.0. The summed E-state index contributed by atoms with van der Waals surface area (Å²) in [6.07, 6.45) is 0. The first-order valence-corrected chi connectivity index (χ1v) is 12.6. The van der Waals surface area contributed by atoms with Crippen molar-refractivity contribution in [2.24, 2.45) is 5.92 Å². The van der Waals surface area contributed by atoms with Gasteiger partial charge in [-0.2, -0.15) is 0 Å². The van der Waals surface area contributed by atoms with Gasteiger partial charge in [0.2, 0.25) is 5.91 Å². The Bertz CT molecular complexity index is 1160. The molecule has 34 heavy (non-hydrogen) atoms. The molecule has 0 saturated carbocycles. The highest BCUT2D eigenvalue weighted by Gasteiger charge is 2.26. The summed E-state index contributed by atoms with van der Waals surface area (Å²) in [5, 5.41) is 16.0. The number of aryl methyl sites for hydroxylation is 1. The van der Waals surface area contributed by atoms with Gasteiger partial charge in [-0.3, -0.25) is 9.59 Å². The lowest BCUT2D eigenvalue weighted by Gasteiger charge is -2.22. The van der Waals surface area contributed by atoms with Crippen LogP contribution in [0.3, 0.4) is 0 Å². The number of nitrogens with zero attached hydrogens (tertiary/aromatic N) is 3. The Kier molecular flexibility index (Phi) is 8.99. The van der Waals surface area contributed by atoms with Gasteiger partial charge in [-0.25, -0.2) is 0 Å². The zero-order valence-electron chi connectivity index (χ0n) is 19.4. The molecule has 2 amide bonds. The first-order valence-electron chi connectivity index (χ1n) is 10.9. The number of carbonyl (C=O) groups is 2. The number of halogens is 2. The molecule has 0 saturated heterocycles. The smallest absolute Gasteiger partial charge is 0.251 e. The predicted octanol–water partition coefficient (Wildman–Crippen LogP) is 5.77. The number of benzene rings is 2. The number of carbonyl (C=O) groups excluding carboxylic acids is 2. The molecule has 3 aromatic rings. The van der Waals surface area contributed by atoms with Crippen LogP contribution in [-0.4, -0.2) is 32.3 Å². The average molecular weight is 520 g/mol. The van der Waals surface area contributed by atoms with Crippen molar-refractivity contribution in [3.8, 4) is 0 Å². The minimum absolute atomic E-state index is 0.0806. The number of anilines is 1. The Labute approximate surface area is 213 Å². The van der Waals surface area contributed by atoms with E-state index in [1.54, 1.807) is 30.3 Å². The minimum atomic E-state index is -0.336. The van der Waals surface area contributed by atoms with E-state index in [0.29, 0.717) is 38.8 Å². The lowest BCUT2D eigenvalue weighted by atomic mass is 10.0. The average Bonchev–Trinajstić information content (AvgIpc) is 3.20. The van der Waals surface area contributed by atoms with Gasteiger partial charge in [-0.1, -0.05) is 66.5 Å². The van der Waals surface area contributed by atoms with E-state index in [1.165, 1.54) is 11.8 Å². The van der Waals surface area contributed by atoms with E-state index in [2.05, 4.69) is 20.8 Å².